The Morgan fingerprint density at radius 3 is 2.43 bits per heavy atom. The number of rotatable bonds is 3. The van der Waals surface area contributed by atoms with Crippen molar-refractivity contribution < 1.29 is 17.9 Å². The quantitative estimate of drug-likeness (QED) is 0.730. The van der Waals surface area contributed by atoms with E-state index in [0.717, 1.165) is 51.7 Å². The number of sulfone groups is 1. The lowest BCUT2D eigenvalue weighted by molar-refractivity contribution is -0.143. The number of ether oxygens (including phenoxy) is 1. The van der Waals surface area contributed by atoms with Gasteiger partial charge in [0.05, 0.1) is 24.5 Å². The predicted octanol–water partition coefficient (Wildman–Crippen LogP) is 1.09. The van der Waals surface area contributed by atoms with E-state index in [1.807, 2.05) is 0 Å². The van der Waals surface area contributed by atoms with E-state index in [4.69, 9.17) is 4.74 Å². The Morgan fingerprint density at radius 1 is 1.24 bits per heavy atom. The van der Waals surface area contributed by atoms with Crippen molar-refractivity contribution in [1.29, 1.82) is 0 Å². The molecule has 1 saturated carbocycles. The maximum absolute atomic E-state index is 11.6. The zero-order valence-corrected chi connectivity index (χ0v) is 13.5. The molecule has 6 heteroatoms. The van der Waals surface area contributed by atoms with Crippen LogP contribution in [0, 0.1) is 17.3 Å². The fourth-order valence-corrected chi connectivity index (χ4v) is 5.63. The second kappa shape index (κ2) is 5.54. The summed E-state index contributed by atoms with van der Waals surface area (Å²) in [6, 6.07) is 0. The lowest BCUT2D eigenvalue weighted by atomic mass is 9.90. The third-order valence-electron chi connectivity index (χ3n) is 5.72. The number of carbonyl (C=O) groups excluding carboxylic acids is 1. The van der Waals surface area contributed by atoms with Crippen molar-refractivity contribution in [2.24, 2.45) is 17.3 Å². The number of methoxy groups -OCH3 is 1. The van der Waals surface area contributed by atoms with E-state index in [2.05, 4.69) is 4.90 Å². The molecule has 0 N–H and O–H groups in total. The van der Waals surface area contributed by atoms with Crippen molar-refractivity contribution in [3.63, 3.8) is 0 Å². The summed E-state index contributed by atoms with van der Waals surface area (Å²) in [5.74, 6) is 1.34. The van der Waals surface area contributed by atoms with Crippen LogP contribution >= 0.6 is 0 Å². The van der Waals surface area contributed by atoms with E-state index in [1.165, 1.54) is 7.11 Å². The normalized spacial score (nSPS) is 32.0. The fraction of sp³-hybridized carbons (Fsp3) is 0.933. The lowest BCUT2D eigenvalue weighted by Crippen LogP contribution is -2.40. The molecule has 1 atom stereocenters. The van der Waals surface area contributed by atoms with Gasteiger partial charge in [0.2, 0.25) is 0 Å². The first-order chi connectivity index (χ1) is 9.94. The van der Waals surface area contributed by atoms with Crippen molar-refractivity contribution in [3.8, 4) is 0 Å². The van der Waals surface area contributed by atoms with Crippen LogP contribution in [0.3, 0.4) is 0 Å². The zero-order valence-electron chi connectivity index (χ0n) is 12.7. The van der Waals surface area contributed by atoms with Crippen molar-refractivity contribution in [2.45, 2.75) is 32.1 Å². The Hall–Kier alpha value is -0.620. The number of likely N-dealkylation sites (tertiary alicyclic amines) is 1. The van der Waals surface area contributed by atoms with Crippen LogP contribution in [0.1, 0.15) is 32.1 Å². The summed E-state index contributed by atoms with van der Waals surface area (Å²) < 4.78 is 27.8. The molecule has 0 amide bonds. The fourth-order valence-electron chi connectivity index (χ4n) is 4.04. The second-order valence-electron chi connectivity index (χ2n) is 7.04. The SMILES string of the molecule is COC(=O)C1CC12CCN(CC1CCS(=O)(=O)CC1)CC2. The molecular weight excluding hydrogens is 290 g/mol. The van der Waals surface area contributed by atoms with E-state index >= 15 is 0 Å². The second-order valence-corrected chi connectivity index (χ2v) is 9.34. The Labute approximate surface area is 126 Å². The van der Waals surface area contributed by atoms with Crippen LogP contribution in [-0.2, 0) is 19.4 Å². The molecule has 2 heterocycles. The number of hydrogen-bond donors (Lipinski definition) is 0. The van der Waals surface area contributed by atoms with Gasteiger partial charge in [-0.3, -0.25) is 4.79 Å². The van der Waals surface area contributed by atoms with Gasteiger partial charge in [-0.2, -0.15) is 0 Å². The van der Waals surface area contributed by atoms with E-state index in [0.29, 0.717) is 17.4 Å². The first kappa shape index (κ1) is 15.3. The molecule has 3 fully saturated rings. The molecule has 0 radical (unpaired) electrons. The molecule has 3 rings (SSSR count). The molecule has 1 unspecified atom stereocenters. The maximum atomic E-state index is 11.6. The van der Waals surface area contributed by atoms with E-state index in [1.54, 1.807) is 0 Å². The highest BCUT2D eigenvalue weighted by molar-refractivity contribution is 7.91. The first-order valence-electron chi connectivity index (χ1n) is 7.95. The monoisotopic (exact) mass is 315 g/mol. The molecule has 1 aliphatic carbocycles. The van der Waals surface area contributed by atoms with Crippen LogP contribution in [-0.4, -0.2) is 57.5 Å². The van der Waals surface area contributed by atoms with Crippen LogP contribution < -0.4 is 0 Å². The molecule has 0 aromatic carbocycles. The Morgan fingerprint density at radius 2 is 1.86 bits per heavy atom. The van der Waals surface area contributed by atoms with Crippen LogP contribution in [0.5, 0.6) is 0 Å². The molecule has 0 aromatic rings. The van der Waals surface area contributed by atoms with E-state index < -0.39 is 9.84 Å². The maximum Gasteiger partial charge on any atom is 0.309 e. The molecule has 120 valence electrons. The summed E-state index contributed by atoms with van der Waals surface area (Å²) in [6.07, 6.45) is 4.79. The molecule has 5 nitrogen and oxygen atoms in total. The van der Waals surface area contributed by atoms with Crippen LogP contribution in [0.2, 0.25) is 0 Å². The van der Waals surface area contributed by atoms with Crippen LogP contribution in [0.25, 0.3) is 0 Å². The van der Waals surface area contributed by atoms with Gasteiger partial charge in [0.15, 0.2) is 0 Å². The molecule has 0 aromatic heterocycles. The minimum Gasteiger partial charge on any atom is -0.469 e. The van der Waals surface area contributed by atoms with Gasteiger partial charge in [0.25, 0.3) is 0 Å². The Kier molecular flexibility index (Phi) is 4.03. The standard InChI is InChI=1S/C15H25NO4S/c1-20-14(17)13-10-15(13)4-6-16(7-5-15)11-12-2-8-21(18,19)9-3-12/h12-13H,2-11H2,1H3. The van der Waals surface area contributed by atoms with Gasteiger partial charge in [-0.05, 0) is 56.5 Å². The summed E-state index contributed by atoms with van der Waals surface area (Å²) in [4.78, 5) is 14.1. The zero-order chi connectivity index (χ0) is 15.1. The Balaban J connectivity index is 1.44. The van der Waals surface area contributed by atoms with Gasteiger partial charge < -0.3 is 9.64 Å². The third kappa shape index (κ3) is 3.26. The van der Waals surface area contributed by atoms with Crippen molar-refractivity contribution in [2.75, 3.05) is 38.2 Å². The number of hydrogen-bond acceptors (Lipinski definition) is 5. The first-order valence-corrected chi connectivity index (χ1v) is 9.77. The summed E-state index contributed by atoms with van der Waals surface area (Å²) in [6.45, 7) is 3.10. The number of esters is 1. The Bertz CT molecular complexity index is 494. The predicted molar refractivity (Wildman–Crippen MR) is 79.6 cm³/mol. The summed E-state index contributed by atoms with van der Waals surface area (Å²) in [5.41, 5.74) is 0.222. The lowest BCUT2D eigenvalue weighted by Gasteiger charge is -2.35. The smallest absolute Gasteiger partial charge is 0.309 e. The van der Waals surface area contributed by atoms with Crippen molar-refractivity contribution >= 4 is 15.8 Å². The van der Waals surface area contributed by atoms with Gasteiger partial charge in [-0.1, -0.05) is 0 Å². The number of carbonyl (C=O) groups is 1. The highest BCUT2D eigenvalue weighted by Crippen LogP contribution is 2.59. The molecule has 1 spiro atoms. The van der Waals surface area contributed by atoms with E-state index in [9.17, 15) is 13.2 Å². The molecule has 2 aliphatic heterocycles. The average Bonchev–Trinajstić information content (AvgIpc) is 3.17. The molecule has 2 saturated heterocycles. The average molecular weight is 315 g/mol. The minimum absolute atomic E-state index is 0.0408. The molecule has 3 aliphatic rings. The van der Waals surface area contributed by atoms with Crippen LogP contribution in [0.4, 0.5) is 0 Å². The summed E-state index contributed by atoms with van der Waals surface area (Å²) >= 11 is 0. The van der Waals surface area contributed by atoms with Gasteiger partial charge in [0, 0.05) is 6.54 Å². The highest BCUT2D eigenvalue weighted by Gasteiger charge is 2.59. The largest absolute Gasteiger partial charge is 0.469 e. The molecule has 0 bridgehead atoms. The molecule has 21 heavy (non-hydrogen) atoms. The van der Waals surface area contributed by atoms with Gasteiger partial charge in [-0.25, -0.2) is 8.42 Å². The third-order valence-corrected chi connectivity index (χ3v) is 7.43. The minimum atomic E-state index is -2.75. The van der Waals surface area contributed by atoms with Crippen molar-refractivity contribution in [1.82, 2.24) is 4.90 Å². The topological polar surface area (TPSA) is 63.7 Å². The highest BCUT2D eigenvalue weighted by atomic mass is 32.2. The van der Waals surface area contributed by atoms with Gasteiger partial charge in [-0.15, -0.1) is 0 Å². The number of nitrogens with zero attached hydrogens (tertiary/aromatic N) is 1. The molecular formula is C15H25NO4S. The van der Waals surface area contributed by atoms with Crippen LogP contribution in [0.15, 0.2) is 0 Å². The van der Waals surface area contributed by atoms with Gasteiger partial charge >= 0.3 is 5.97 Å². The van der Waals surface area contributed by atoms with Gasteiger partial charge in [0.1, 0.15) is 9.84 Å². The van der Waals surface area contributed by atoms with E-state index in [-0.39, 0.29) is 17.3 Å². The summed E-state index contributed by atoms with van der Waals surface area (Å²) in [7, 11) is -1.28. The summed E-state index contributed by atoms with van der Waals surface area (Å²) in [5, 5.41) is 0. The number of piperidine rings is 1. The van der Waals surface area contributed by atoms with Crippen molar-refractivity contribution in [3.05, 3.63) is 0 Å².